The third-order valence-corrected chi connectivity index (χ3v) is 2.56. The molecule has 0 aliphatic carbocycles. The summed E-state index contributed by atoms with van der Waals surface area (Å²) in [5.41, 5.74) is 0.477. The van der Waals surface area contributed by atoms with Crippen molar-refractivity contribution in [3.63, 3.8) is 0 Å². The zero-order chi connectivity index (χ0) is 12.4. The largest absolute Gasteiger partial charge is 0.459 e. The van der Waals surface area contributed by atoms with Crippen LogP contribution < -0.4 is 0 Å². The van der Waals surface area contributed by atoms with E-state index in [0.29, 0.717) is 17.1 Å². The van der Waals surface area contributed by atoms with Gasteiger partial charge in [-0.05, 0) is 18.2 Å². The molecule has 0 radical (unpaired) electrons. The lowest BCUT2D eigenvalue weighted by molar-refractivity contribution is -0.384. The number of hydrogen-bond donors (Lipinski definition) is 1. The van der Waals surface area contributed by atoms with Crippen LogP contribution >= 0.6 is 11.6 Å². The van der Waals surface area contributed by atoms with Gasteiger partial charge < -0.3 is 9.52 Å². The van der Waals surface area contributed by atoms with E-state index in [-0.39, 0.29) is 17.3 Å². The van der Waals surface area contributed by atoms with Crippen LogP contribution in [-0.4, -0.2) is 10.0 Å². The van der Waals surface area contributed by atoms with Gasteiger partial charge in [0.1, 0.15) is 18.1 Å². The first-order valence-corrected chi connectivity index (χ1v) is 5.13. The maximum Gasteiger partial charge on any atom is 0.270 e. The van der Waals surface area contributed by atoms with Gasteiger partial charge in [0.25, 0.3) is 5.69 Å². The van der Waals surface area contributed by atoms with Gasteiger partial charge in [-0.1, -0.05) is 11.6 Å². The fraction of sp³-hybridized carbons (Fsp3) is 0.0909. The van der Waals surface area contributed by atoms with E-state index in [1.54, 1.807) is 12.1 Å². The van der Waals surface area contributed by atoms with Crippen molar-refractivity contribution in [3.05, 3.63) is 51.2 Å². The van der Waals surface area contributed by atoms with Crippen LogP contribution in [0, 0.1) is 10.1 Å². The Balaban J connectivity index is 2.42. The topological polar surface area (TPSA) is 76.5 Å². The normalized spacial score (nSPS) is 10.5. The SMILES string of the molecule is O=[N+]([O-])c1ccc(-c2ccc(CO)o2)c(Cl)c1. The first-order chi connectivity index (χ1) is 8.11. The second kappa shape index (κ2) is 4.57. The minimum atomic E-state index is -0.517. The Labute approximate surface area is 101 Å². The average molecular weight is 254 g/mol. The van der Waals surface area contributed by atoms with Crippen LogP contribution in [0.1, 0.15) is 5.76 Å². The average Bonchev–Trinajstić information content (AvgIpc) is 2.77. The number of nitrogens with zero attached hydrogens (tertiary/aromatic N) is 1. The second-order valence-electron chi connectivity index (χ2n) is 3.35. The summed E-state index contributed by atoms with van der Waals surface area (Å²) in [6.07, 6.45) is 0. The summed E-state index contributed by atoms with van der Waals surface area (Å²) in [7, 11) is 0. The van der Waals surface area contributed by atoms with E-state index >= 15 is 0 Å². The molecule has 0 atom stereocenters. The predicted octanol–water partition coefficient (Wildman–Crippen LogP) is 3.00. The number of aliphatic hydroxyl groups is 1. The van der Waals surface area contributed by atoms with Crippen molar-refractivity contribution in [2.45, 2.75) is 6.61 Å². The molecule has 2 rings (SSSR count). The Hall–Kier alpha value is -1.85. The fourth-order valence-corrected chi connectivity index (χ4v) is 1.69. The number of benzene rings is 1. The van der Waals surface area contributed by atoms with Crippen LogP contribution in [-0.2, 0) is 6.61 Å². The molecule has 1 heterocycles. The van der Waals surface area contributed by atoms with Gasteiger partial charge in [-0.25, -0.2) is 0 Å². The lowest BCUT2D eigenvalue weighted by Crippen LogP contribution is -1.88. The van der Waals surface area contributed by atoms with E-state index in [0.717, 1.165) is 0 Å². The van der Waals surface area contributed by atoms with Crippen molar-refractivity contribution in [1.82, 2.24) is 0 Å². The van der Waals surface area contributed by atoms with Gasteiger partial charge in [0.2, 0.25) is 0 Å². The molecular formula is C11H8ClNO4. The quantitative estimate of drug-likeness (QED) is 0.674. The molecule has 0 bridgehead atoms. The number of hydrogen-bond acceptors (Lipinski definition) is 4. The molecular weight excluding hydrogens is 246 g/mol. The fourth-order valence-electron chi connectivity index (χ4n) is 1.43. The Bertz CT molecular complexity index is 564. The van der Waals surface area contributed by atoms with Gasteiger partial charge in [-0.15, -0.1) is 0 Å². The minimum absolute atomic E-state index is 0.0762. The summed E-state index contributed by atoms with van der Waals surface area (Å²) in [4.78, 5) is 10.0. The number of aliphatic hydroxyl groups excluding tert-OH is 1. The highest BCUT2D eigenvalue weighted by molar-refractivity contribution is 6.33. The van der Waals surface area contributed by atoms with E-state index in [9.17, 15) is 10.1 Å². The predicted molar refractivity (Wildman–Crippen MR) is 61.7 cm³/mol. The number of non-ortho nitro benzene ring substituents is 1. The van der Waals surface area contributed by atoms with Gasteiger partial charge in [0.15, 0.2) is 0 Å². The van der Waals surface area contributed by atoms with Crippen molar-refractivity contribution < 1.29 is 14.4 Å². The van der Waals surface area contributed by atoms with Crippen molar-refractivity contribution in [3.8, 4) is 11.3 Å². The zero-order valence-electron chi connectivity index (χ0n) is 8.59. The highest BCUT2D eigenvalue weighted by Crippen LogP contribution is 2.32. The Morgan fingerprint density at radius 3 is 2.65 bits per heavy atom. The summed E-state index contributed by atoms with van der Waals surface area (Å²) >= 11 is 5.93. The Kier molecular flexibility index (Phi) is 3.12. The summed E-state index contributed by atoms with van der Waals surface area (Å²) in [5, 5.41) is 19.6. The number of nitro benzene ring substituents is 1. The van der Waals surface area contributed by atoms with Crippen LogP contribution in [0.5, 0.6) is 0 Å². The van der Waals surface area contributed by atoms with E-state index in [1.165, 1.54) is 18.2 Å². The van der Waals surface area contributed by atoms with Crippen LogP contribution in [0.25, 0.3) is 11.3 Å². The van der Waals surface area contributed by atoms with Gasteiger partial charge in [-0.2, -0.15) is 0 Å². The molecule has 88 valence electrons. The van der Waals surface area contributed by atoms with Gasteiger partial charge in [0, 0.05) is 17.7 Å². The van der Waals surface area contributed by atoms with Crippen LogP contribution in [0.4, 0.5) is 5.69 Å². The summed E-state index contributed by atoms with van der Waals surface area (Å²) in [6, 6.07) is 7.40. The van der Waals surface area contributed by atoms with E-state index < -0.39 is 4.92 Å². The molecule has 0 unspecified atom stereocenters. The highest BCUT2D eigenvalue weighted by Gasteiger charge is 2.13. The number of nitro groups is 1. The van der Waals surface area contributed by atoms with Crippen LogP contribution in [0.15, 0.2) is 34.7 Å². The van der Waals surface area contributed by atoms with Gasteiger partial charge >= 0.3 is 0 Å². The standard InChI is InChI=1S/C11H8ClNO4/c12-10-5-7(13(15)16)1-3-9(10)11-4-2-8(6-14)17-11/h1-5,14H,6H2. The third-order valence-electron chi connectivity index (χ3n) is 2.25. The lowest BCUT2D eigenvalue weighted by atomic mass is 10.1. The molecule has 1 aromatic heterocycles. The maximum absolute atomic E-state index is 10.5. The van der Waals surface area contributed by atoms with Gasteiger partial charge in [-0.3, -0.25) is 10.1 Å². The highest BCUT2D eigenvalue weighted by atomic mass is 35.5. The summed E-state index contributed by atoms with van der Waals surface area (Å²) in [6.45, 7) is -0.204. The van der Waals surface area contributed by atoms with Crippen molar-refractivity contribution in [2.24, 2.45) is 0 Å². The van der Waals surface area contributed by atoms with Crippen molar-refractivity contribution >= 4 is 17.3 Å². The smallest absolute Gasteiger partial charge is 0.270 e. The van der Waals surface area contributed by atoms with E-state index in [1.807, 2.05) is 0 Å². The van der Waals surface area contributed by atoms with Crippen molar-refractivity contribution in [1.29, 1.82) is 0 Å². The molecule has 2 aromatic rings. The third kappa shape index (κ3) is 2.30. The second-order valence-corrected chi connectivity index (χ2v) is 3.75. The number of furan rings is 1. The molecule has 0 aliphatic heterocycles. The van der Waals surface area contributed by atoms with Crippen LogP contribution in [0.2, 0.25) is 5.02 Å². The Morgan fingerprint density at radius 2 is 2.12 bits per heavy atom. The molecule has 0 fully saturated rings. The zero-order valence-corrected chi connectivity index (χ0v) is 9.35. The van der Waals surface area contributed by atoms with E-state index in [2.05, 4.69) is 0 Å². The van der Waals surface area contributed by atoms with E-state index in [4.69, 9.17) is 21.1 Å². The van der Waals surface area contributed by atoms with Gasteiger partial charge in [0.05, 0.1) is 9.95 Å². The first-order valence-electron chi connectivity index (χ1n) is 4.75. The molecule has 0 saturated heterocycles. The summed E-state index contributed by atoms with van der Waals surface area (Å²) < 4.78 is 5.30. The van der Waals surface area contributed by atoms with Crippen molar-refractivity contribution in [2.75, 3.05) is 0 Å². The molecule has 1 aromatic carbocycles. The number of rotatable bonds is 3. The van der Waals surface area contributed by atoms with Crippen LogP contribution in [0.3, 0.4) is 0 Å². The maximum atomic E-state index is 10.5. The molecule has 0 spiro atoms. The lowest BCUT2D eigenvalue weighted by Gasteiger charge is -2.00. The molecule has 0 saturated carbocycles. The first kappa shape index (κ1) is 11.6. The molecule has 0 aliphatic rings. The summed E-state index contributed by atoms with van der Waals surface area (Å²) in [5.74, 6) is 0.878. The molecule has 6 heteroatoms. The monoisotopic (exact) mass is 253 g/mol. The molecule has 5 nitrogen and oxygen atoms in total. The molecule has 0 amide bonds. The Morgan fingerprint density at radius 1 is 1.35 bits per heavy atom. The molecule has 17 heavy (non-hydrogen) atoms. The minimum Gasteiger partial charge on any atom is -0.459 e. The molecule has 1 N–H and O–H groups in total. The number of halogens is 1.